The highest BCUT2D eigenvalue weighted by Gasteiger charge is 2.09. The number of aliphatic hydroxyl groups is 1. The van der Waals surface area contributed by atoms with Crippen molar-refractivity contribution in [2.24, 2.45) is 0 Å². The second-order valence-electron chi connectivity index (χ2n) is 3.65. The molecule has 1 aromatic carbocycles. The Kier molecular flexibility index (Phi) is 4.96. The molecule has 0 spiro atoms. The molecule has 0 aliphatic carbocycles. The zero-order valence-corrected chi connectivity index (χ0v) is 11.3. The number of nitrogen functional groups attached to an aromatic ring is 1. The highest BCUT2D eigenvalue weighted by molar-refractivity contribution is 9.10. The first-order valence-electron chi connectivity index (χ1n) is 4.83. The number of aliphatic hydroxyl groups excluding tert-OH is 1. The van der Waals surface area contributed by atoms with Crippen molar-refractivity contribution in [2.75, 3.05) is 5.73 Å². The fraction of sp³-hybridized carbons (Fsp3) is 0.455. The molecule has 0 heterocycles. The number of nitrogens with two attached hydrogens (primary N) is 1. The number of benzene rings is 1. The summed E-state index contributed by atoms with van der Waals surface area (Å²) < 4.78 is 1.00. The van der Waals surface area contributed by atoms with Crippen molar-refractivity contribution in [3.05, 3.63) is 28.2 Å². The molecule has 0 saturated carbocycles. The Bertz CT molecular complexity index is 310. The largest absolute Gasteiger partial charge is 0.399 e. The predicted octanol–water partition coefficient (Wildman–Crippen LogP) is 3.03. The maximum Gasteiger partial charge on any atom is 0.0628 e. The Hall–Kier alpha value is -0.190. The smallest absolute Gasteiger partial charge is 0.0628 e. The van der Waals surface area contributed by atoms with Crippen molar-refractivity contribution in [1.82, 2.24) is 0 Å². The molecule has 2 unspecified atom stereocenters. The summed E-state index contributed by atoms with van der Waals surface area (Å²) >= 11 is 5.14. The first-order valence-corrected chi connectivity index (χ1v) is 6.68. The molecule has 3 N–H and O–H groups in total. The molecule has 0 fully saturated rings. The number of anilines is 1. The molecule has 0 aliphatic rings. The van der Waals surface area contributed by atoms with Gasteiger partial charge in [-0.15, -0.1) is 0 Å². The van der Waals surface area contributed by atoms with E-state index in [-0.39, 0.29) is 11.4 Å². The Morgan fingerprint density at radius 1 is 1.40 bits per heavy atom. The molecule has 1 rings (SSSR count). The maximum absolute atomic E-state index is 9.35. The lowest BCUT2D eigenvalue weighted by molar-refractivity contribution is 0.196. The monoisotopic (exact) mass is 289 g/mol. The minimum absolute atomic E-state index is 0.241. The van der Waals surface area contributed by atoms with Crippen LogP contribution in [0.4, 0.5) is 5.69 Å². The molecule has 0 bridgehead atoms. The topological polar surface area (TPSA) is 46.2 Å². The summed E-state index contributed by atoms with van der Waals surface area (Å²) in [6.45, 7) is 3.84. The Morgan fingerprint density at radius 2 is 2.07 bits per heavy atom. The van der Waals surface area contributed by atoms with Gasteiger partial charge in [-0.1, -0.05) is 22.9 Å². The minimum Gasteiger partial charge on any atom is -0.399 e. The second-order valence-corrected chi connectivity index (χ2v) is 5.93. The molecule has 4 heteroatoms. The van der Waals surface area contributed by atoms with E-state index < -0.39 is 0 Å². The maximum atomic E-state index is 9.35. The molecular weight excluding hydrogens is 274 g/mol. The second kappa shape index (κ2) is 5.77. The van der Waals surface area contributed by atoms with E-state index in [1.54, 1.807) is 11.8 Å². The molecule has 84 valence electrons. The molecule has 0 amide bonds. The van der Waals surface area contributed by atoms with Crippen molar-refractivity contribution in [3.8, 4) is 0 Å². The van der Waals surface area contributed by atoms with Gasteiger partial charge < -0.3 is 10.8 Å². The van der Waals surface area contributed by atoms with Gasteiger partial charge in [-0.2, -0.15) is 11.8 Å². The molecule has 0 radical (unpaired) electrons. The van der Waals surface area contributed by atoms with Gasteiger partial charge in [0.15, 0.2) is 0 Å². The summed E-state index contributed by atoms with van der Waals surface area (Å²) in [5.74, 6) is 0.871. The summed E-state index contributed by atoms with van der Waals surface area (Å²) in [6.07, 6.45) is -0.278. The van der Waals surface area contributed by atoms with E-state index >= 15 is 0 Å². The number of thioether (sulfide) groups is 1. The van der Waals surface area contributed by atoms with E-state index in [2.05, 4.69) is 22.0 Å². The van der Waals surface area contributed by atoms with Crippen LogP contribution in [0.5, 0.6) is 0 Å². The van der Waals surface area contributed by atoms with Crippen LogP contribution in [-0.2, 0) is 5.75 Å². The van der Waals surface area contributed by atoms with E-state index in [9.17, 15) is 5.11 Å². The van der Waals surface area contributed by atoms with Gasteiger partial charge in [0.2, 0.25) is 0 Å². The molecule has 0 aliphatic heterocycles. The average Bonchev–Trinajstić information content (AvgIpc) is 2.12. The summed E-state index contributed by atoms with van der Waals surface area (Å²) in [4.78, 5) is 0. The number of halogens is 1. The quantitative estimate of drug-likeness (QED) is 0.838. The van der Waals surface area contributed by atoms with E-state index in [1.807, 2.05) is 26.0 Å². The van der Waals surface area contributed by atoms with Gasteiger partial charge in [0.25, 0.3) is 0 Å². The third-order valence-electron chi connectivity index (χ3n) is 2.17. The normalized spacial score (nSPS) is 14.9. The highest BCUT2D eigenvalue weighted by atomic mass is 79.9. The van der Waals surface area contributed by atoms with Gasteiger partial charge in [0, 0.05) is 21.2 Å². The van der Waals surface area contributed by atoms with Gasteiger partial charge in [-0.25, -0.2) is 0 Å². The van der Waals surface area contributed by atoms with Crippen LogP contribution in [0.1, 0.15) is 19.4 Å². The third-order valence-corrected chi connectivity index (χ3v) is 4.05. The fourth-order valence-electron chi connectivity index (χ4n) is 1.13. The average molecular weight is 290 g/mol. The van der Waals surface area contributed by atoms with Crippen molar-refractivity contribution in [2.45, 2.75) is 31.0 Å². The number of rotatable bonds is 4. The lowest BCUT2D eigenvalue weighted by Gasteiger charge is -2.14. The van der Waals surface area contributed by atoms with Crippen molar-refractivity contribution in [3.63, 3.8) is 0 Å². The van der Waals surface area contributed by atoms with Crippen LogP contribution in [0.2, 0.25) is 0 Å². The number of hydrogen-bond acceptors (Lipinski definition) is 3. The van der Waals surface area contributed by atoms with E-state index in [0.717, 1.165) is 15.9 Å². The van der Waals surface area contributed by atoms with Crippen LogP contribution in [0.25, 0.3) is 0 Å². The molecule has 2 nitrogen and oxygen atoms in total. The lowest BCUT2D eigenvalue weighted by atomic mass is 10.2. The summed E-state index contributed by atoms with van der Waals surface area (Å²) in [6, 6.07) is 5.90. The van der Waals surface area contributed by atoms with E-state index in [4.69, 9.17) is 5.73 Å². The fourth-order valence-corrected chi connectivity index (χ4v) is 2.58. The third kappa shape index (κ3) is 4.45. The van der Waals surface area contributed by atoms with Crippen molar-refractivity contribution >= 4 is 33.4 Å². The summed E-state index contributed by atoms with van der Waals surface area (Å²) in [5.41, 5.74) is 7.69. The van der Waals surface area contributed by atoms with Gasteiger partial charge in [0.05, 0.1) is 6.10 Å². The van der Waals surface area contributed by atoms with Crippen LogP contribution < -0.4 is 5.73 Å². The van der Waals surface area contributed by atoms with E-state index in [0.29, 0.717) is 0 Å². The molecule has 0 aromatic heterocycles. The Morgan fingerprint density at radius 3 is 2.60 bits per heavy atom. The zero-order chi connectivity index (χ0) is 11.4. The summed E-state index contributed by atoms with van der Waals surface area (Å²) in [7, 11) is 0. The van der Waals surface area contributed by atoms with Gasteiger partial charge in [-0.3, -0.25) is 0 Å². The Balaban J connectivity index is 2.57. The first kappa shape index (κ1) is 12.9. The molecular formula is C11H16BrNOS. The van der Waals surface area contributed by atoms with Crippen LogP contribution in [-0.4, -0.2) is 16.5 Å². The highest BCUT2D eigenvalue weighted by Crippen LogP contribution is 2.24. The molecule has 15 heavy (non-hydrogen) atoms. The standard InChI is InChI=1S/C11H16BrNOS/c1-7(14)8(2)15-6-9-3-10(12)5-11(13)4-9/h3-5,7-8,14H,6,13H2,1-2H3. The SMILES string of the molecule is CC(O)C(C)SCc1cc(N)cc(Br)c1. The van der Waals surface area contributed by atoms with Gasteiger partial charge >= 0.3 is 0 Å². The lowest BCUT2D eigenvalue weighted by Crippen LogP contribution is -2.15. The summed E-state index contributed by atoms with van der Waals surface area (Å²) in [5, 5.41) is 9.59. The molecule has 2 atom stereocenters. The zero-order valence-electron chi connectivity index (χ0n) is 8.90. The number of hydrogen-bond donors (Lipinski definition) is 2. The predicted molar refractivity (Wildman–Crippen MR) is 71.0 cm³/mol. The Labute approximate surface area is 103 Å². The van der Waals surface area contributed by atoms with Gasteiger partial charge in [0.1, 0.15) is 0 Å². The van der Waals surface area contributed by atoms with E-state index in [1.165, 1.54) is 5.56 Å². The van der Waals surface area contributed by atoms with Crippen LogP contribution >= 0.6 is 27.7 Å². The van der Waals surface area contributed by atoms with Crippen LogP contribution in [0, 0.1) is 0 Å². The van der Waals surface area contributed by atoms with Gasteiger partial charge in [-0.05, 0) is 30.7 Å². The minimum atomic E-state index is -0.278. The van der Waals surface area contributed by atoms with Crippen molar-refractivity contribution in [1.29, 1.82) is 0 Å². The van der Waals surface area contributed by atoms with Crippen molar-refractivity contribution < 1.29 is 5.11 Å². The van der Waals surface area contributed by atoms with Crippen LogP contribution in [0.3, 0.4) is 0 Å². The molecule has 1 aromatic rings. The van der Waals surface area contributed by atoms with Crippen LogP contribution in [0.15, 0.2) is 22.7 Å². The molecule has 0 saturated heterocycles. The first-order chi connectivity index (χ1) is 6.99.